The van der Waals surface area contributed by atoms with Crippen LogP contribution >= 0.6 is 27.5 Å². The Hall–Kier alpha value is -3.22. The predicted octanol–water partition coefficient (Wildman–Crippen LogP) is 6.67. The van der Waals surface area contributed by atoms with Crippen molar-refractivity contribution < 1.29 is 19.1 Å². The van der Waals surface area contributed by atoms with Gasteiger partial charge in [-0.1, -0.05) is 57.9 Å². The summed E-state index contributed by atoms with van der Waals surface area (Å²) < 4.78 is 11.5. The first-order valence-electron chi connectivity index (χ1n) is 10.1. The maximum atomic E-state index is 13.1. The van der Waals surface area contributed by atoms with Crippen molar-refractivity contribution in [1.82, 2.24) is 4.98 Å². The molecule has 0 saturated carbocycles. The number of halogens is 2. The Morgan fingerprint density at radius 2 is 1.79 bits per heavy atom. The molecule has 0 saturated heterocycles. The quantitative estimate of drug-likeness (QED) is 0.208. The fraction of sp³-hybridized carbons (Fsp3) is 0.115. The lowest BCUT2D eigenvalue weighted by Gasteiger charge is -2.12. The molecule has 0 unspecified atom stereocenters. The number of pyridine rings is 1. The van der Waals surface area contributed by atoms with Gasteiger partial charge in [-0.15, -0.1) is 0 Å². The maximum Gasteiger partial charge on any atom is 0.339 e. The highest BCUT2D eigenvalue weighted by molar-refractivity contribution is 9.10. The molecule has 1 aromatic heterocycles. The molecule has 1 heterocycles. The van der Waals surface area contributed by atoms with Crippen molar-refractivity contribution >= 4 is 50.2 Å². The minimum absolute atomic E-state index is 0.316. The van der Waals surface area contributed by atoms with Crippen molar-refractivity contribution in [3.8, 4) is 17.0 Å². The van der Waals surface area contributed by atoms with Crippen molar-refractivity contribution in [2.24, 2.45) is 0 Å². The first-order valence-corrected chi connectivity index (χ1v) is 11.2. The molecule has 5 nitrogen and oxygen atoms in total. The van der Waals surface area contributed by atoms with E-state index in [2.05, 4.69) is 15.9 Å². The molecular formula is C26H19BrClNO4. The number of rotatable bonds is 6. The number of carbonyl (C=O) groups excluding carboxylic acids is 2. The SMILES string of the molecule is COc1cccc(C(=O)COC(=O)c2cc(-c3ccc(Br)cc3)nc3c(C)c(Cl)ccc23)c1. The molecule has 0 amide bonds. The van der Waals surface area contributed by atoms with Crippen LogP contribution in [-0.4, -0.2) is 30.5 Å². The van der Waals surface area contributed by atoms with E-state index in [9.17, 15) is 9.59 Å². The van der Waals surface area contributed by atoms with E-state index in [1.54, 1.807) is 42.5 Å². The fourth-order valence-corrected chi connectivity index (χ4v) is 3.85. The molecule has 0 radical (unpaired) electrons. The Balaban J connectivity index is 1.69. The summed E-state index contributed by atoms with van der Waals surface area (Å²) in [4.78, 5) is 30.4. The van der Waals surface area contributed by atoms with Gasteiger partial charge in [-0.2, -0.15) is 0 Å². The topological polar surface area (TPSA) is 65.5 Å². The van der Waals surface area contributed by atoms with Gasteiger partial charge >= 0.3 is 5.97 Å². The Labute approximate surface area is 204 Å². The van der Waals surface area contributed by atoms with Gasteiger partial charge in [-0.25, -0.2) is 9.78 Å². The highest BCUT2D eigenvalue weighted by Crippen LogP contribution is 2.31. The highest BCUT2D eigenvalue weighted by atomic mass is 79.9. The lowest BCUT2D eigenvalue weighted by Crippen LogP contribution is -2.15. The van der Waals surface area contributed by atoms with Gasteiger partial charge < -0.3 is 9.47 Å². The average molecular weight is 525 g/mol. The van der Waals surface area contributed by atoms with Crippen LogP contribution in [0.1, 0.15) is 26.3 Å². The van der Waals surface area contributed by atoms with Crippen LogP contribution in [0.2, 0.25) is 5.02 Å². The number of esters is 1. The lowest BCUT2D eigenvalue weighted by molar-refractivity contribution is 0.0476. The number of ether oxygens (including phenoxy) is 2. The Morgan fingerprint density at radius 1 is 1.03 bits per heavy atom. The van der Waals surface area contributed by atoms with Crippen molar-refractivity contribution in [3.05, 3.63) is 92.9 Å². The summed E-state index contributed by atoms with van der Waals surface area (Å²) in [5.74, 6) is -0.384. The van der Waals surface area contributed by atoms with Gasteiger partial charge in [-0.3, -0.25) is 4.79 Å². The number of carbonyl (C=O) groups is 2. The summed E-state index contributed by atoms with van der Waals surface area (Å²) in [5, 5.41) is 1.16. The van der Waals surface area contributed by atoms with Crippen LogP contribution in [0.3, 0.4) is 0 Å². The summed E-state index contributed by atoms with van der Waals surface area (Å²) >= 11 is 9.74. The molecule has 4 aromatic rings. The van der Waals surface area contributed by atoms with E-state index in [0.29, 0.717) is 38.5 Å². The molecule has 0 spiro atoms. The van der Waals surface area contributed by atoms with Crippen molar-refractivity contribution in [2.75, 3.05) is 13.7 Å². The summed E-state index contributed by atoms with van der Waals surface area (Å²) in [6.45, 7) is 1.46. The standard InChI is InChI=1S/C26H19BrClNO4/c1-15-22(28)11-10-20-21(13-23(29-25(15)20)16-6-8-18(27)9-7-16)26(31)33-14-24(30)17-4-3-5-19(12-17)32-2/h3-13H,14H2,1-2H3. The molecule has 166 valence electrons. The number of hydrogen-bond acceptors (Lipinski definition) is 5. The van der Waals surface area contributed by atoms with Gasteiger partial charge in [0.15, 0.2) is 12.4 Å². The molecule has 3 aromatic carbocycles. The molecule has 33 heavy (non-hydrogen) atoms. The lowest BCUT2D eigenvalue weighted by atomic mass is 10.0. The van der Waals surface area contributed by atoms with Crippen LogP contribution in [0.4, 0.5) is 0 Å². The number of nitrogens with zero attached hydrogens (tertiary/aromatic N) is 1. The van der Waals surface area contributed by atoms with Crippen LogP contribution in [0.5, 0.6) is 5.75 Å². The van der Waals surface area contributed by atoms with Gasteiger partial charge in [0.25, 0.3) is 0 Å². The number of methoxy groups -OCH3 is 1. The molecule has 0 aliphatic rings. The first kappa shape index (κ1) is 23.0. The van der Waals surface area contributed by atoms with Crippen molar-refractivity contribution in [1.29, 1.82) is 0 Å². The second-order valence-corrected chi connectivity index (χ2v) is 8.68. The predicted molar refractivity (Wildman–Crippen MR) is 132 cm³/mol. The van der Waals surface area contributed by atoms with Crippen LogP contribution in [0.25, 0.3) is 22.2 Å². The minimum Gasteiger partial charge on any atom is -0.497 e. The molecule has 0 aliphatic heterocycles. The van der Waals surface area contributed by atoms with Crippen LogP contribution in [0, 0.1) is 6.92 Å². The van der Waals surface area contributed by atoms with E-state index in [4.69, 9.17) is 26.1 Å². The van der Waals surface area contributed by atoms with Crippen LogP contribution in [0.15, 0.2) is 71.2 Å². The van der Waals surface area contributed by atoms with Gasteiger partial charge in [0.2, 0.25) is 0 Å². The van der Waals surface area contributed by atoms with Gasteiger partial charge in [0.05, 0.1) is 23.9 Å². The second-order valence-electron chi connectivity index (χ2n) is 7.36. The molecule has 4 rings (SSSR count). The average Bonchev–Trinajstić information content (AvgIpc) is 2.84. The molecular weight excluding hydrogens is 506 g/mol. The summed E-state index contributed by atoms with van der Waals surface area (Å²) in [6.07, 6.45) is 0. The van der Waals surface area contributed by atoms with Gasteiger partial charge in [0, 0.05) is 26.0 Å². The Morgan fingerprint density at radius 3 is 2.52 bits per heavy atom. The van der Waals surface area contributed by atoms with E-state index in [1.165, 1.54) is 7.11 Å². The minimum atomic E-state index is -0.612. The Kier molecular flexibility index (Phi) is 6.77. The third kappa shape index (κ3) is 4.92. The number of aromatic nitrogens is 1. The van der Waals surface area contributed by atoms with E-state index in [0.717, 1.165) is 15.6 Å². The number of aryl methyl sites for hydroxylation is 1. The normalized spacial score (nSPS) is 10.8. The molecule has 0 N–H and O–H groups in total. The van der Waals surface area contributed by atoms with Gasteiger partial charge in [0.1, 0.15) is 5.75 Å². The third-order valence-corrected chi connectivity index (χ3v) is 6.19. The first-order chi connectivity index (χ1) is 15.9. The van der Waals surface area contributed by atoms with E-state index in [-0.39, 0.29) is 5.78 Å². The van der Waals surface area contributed by atoms with Crippen molar-refractivity contribution in [3.63, 3.8) is 0 Å². The fourth-order valence-electron chi connectivity index (χ4n) is 3.43. The third-order valence-electron chi connectivity index (χ3n) is 5.25. The largest absolute Gasteiger partial charge is 0.497 e. The van der Waals surface area contributed by atoms with Crippen molar-refractivity contribution in [2.45, 2.75) is 6.92 Å². The zero-order valence-corrected chi connectivity index (χ0v) is 20.2. The monoisotopic (exact) mass is 523 g/mol. The Bertz CT molecular complexity index is 1370. The number of Topliss-reactive ketones (excluding diaryl/α,β-unsaturated/α-hetero) is 1. The molecule has 0 bridgehead atoms. The van der Waals surface area contributed by atoms with E-state index >= 15 is 0 Å². The number of hydrogen-bond donors (Lipinski definition) is 0. The molecule has 0 fully saturated rings. The van der Waals surface area contributed by atoms with Gasteiger partial charge in [-0.05, 0) is 48.9 Å². The summed E-state index contributed by atoms with van der Waals surface area (Å²) in [6, 6.07) is 19.4. The smallest absolute Gasteiger partial charge is 0.339 e. The number of fused-ring (bicyclic) bond motifs is 1. The highest BCUT2D eigenvalue weighted by Gasteiger charge is 2.19. The zero-order chi connectivity index (χ0) is 23.5. The maximum absolute atomic E-state index is 13.1. The number of ketones is 1. The van der Waals surface area contributed by atoms with E-state index in [1.807, 2.05) is 31.2 Å². The number of benzene rings is 3. The second kappa shape index (κ2) is 9.73. The molecule has 7 heteroatoms. The molecule has 0 atom stereocenters. The zero-order valence-electron chi connectivity index (χ0n) is 17.9. The molecule has 0 aliphatic carbocycles. The van der Waals surface area contributed by atoms with Crippen LogP contribution in [-0.2, 0) is 4.74 Å². The van der Waals surface area contributed by atoms with E-state index < -0.39 is 12.6 Å². The summed E-state index contributed by atoms with van der Waals surface area (Å²) in [5.41, 5.74) is 3.52. The van der Waals surface area contributed by atoms with Crippen LogP contribution < -0.4 is 4.74 Å². The summed E-state index contributed by atoms with van der Waals surface area (Å²) in [7, 11) is 1.52.